The smallest absolute Gasteiger partial charge is 0.161 e. The molecule has 0 aliphatic rings. The normalized spacial score (nSPS) is 10.7. The van der Waals surface area contributed by atoms with Crippen molar-refractivity contribution in [2.45, 2.75) is 6.92 Å². The quantitative estimate of drug-likeness (QED) is 0.403. The number of fused-ring (bicyclic) bond motifs is 1. The van der Waals surface area contributed by atoms with Gasteiger partial charge in [0.15, 0.2) is 23.0 Å². The van der Waals surface area contributed by atoms with E-state index < -0.39 is 0 Å². The van der Waals surface area contributed by atoms with Crippen molar-refractivity contribution in [1.82, 2.24) is 9.97 Å². The fourth-order valence-electron chi connectivity index (χ4n) is 3.57. The van der Waals surface area contributed by atoms with Crippen LogP contribution in [0.1, 0.15) is 6.92 Å². The van der Waals surface area contributed by atoms with E-state index in [4.69, 9.17) is 18.9 Å². The number of hydrogen-bond acceptors (Lipinski definition) is 6. The van der Waals surface area contributed by atoms with E-state index in [1.54, 1.807) is 27.7 Å². The summed E-state index contributed by atoms with van der Waals surface area (Å²) in [6.45, 7) is 2.53. The summed E-state index contributed by atoms with van der Waals surface area (Å²) in [6, 6.07) is 17.8. The maximum Gasteiger partial charge on any atom is 0.161 e. The molecule has 0 atom stereocenters. The third-order valence-corrected chi connectivity index (χ3v) is 5.09. The average molecular weight is 416 g/mol. The third kappa shape index (κ3) is 3.97. The first-order chi connectivity index (χ1) is 15.2. The van der Waals surface area contributed by atoms with Crippen LogP contribution in [0.2, 0.25) is 0 Å². The summed E-state index contributed by atoms with van der Waals surface area (Å²) in [6.07, 6.45) is 1.58. The molecule has 0 fully saturated rings. The number of ether oxygens (including phenoxy) is 4. The highest BCUT2D eigenvalue weighted by Crippen LogP contribution is 2.37. The zero-order valence-electron chi connectivity index (χ0n) is 18.0. The van der Waals surface area contributed by atoms with Crippen molar-refractivity contribution in [2.75, 3.05) is 27.9 Å². The van der Waals surface area contributed by atoms with E-state index in [-0.39, 0.29) is 0 Å². The Kier molecular flexibility index (Phi) is 5.89. The summed E-state index contributed by atoms with van der Waals surface area (Å²) < 4.78 is 22.0. The van der Waals surface area contributed by atoms with Gasteiger partial charge in [-0.05, 0) is 60.5 Å². The van der Waals surface area contributed by atoms with E-state index in [2.05, 4.69) is 16.0 Å². The molecule has 0 bridgehead atoms. The van der Waals surface area contributed by atoms with Crippen LogP contribution in [-0.4, -0.2) is 37.9 Å². The molecule has 0 unspecified atom stereocenters. The lowest BCUT2D eigenvalue weighted by molar-refractivity contribution is 0.311. The van der Waals surface area contributed by atoms with E-state index in [9.17, 15) is 0 Å². The van der Waals surface area contributed by atoms with Crippen LogP contribution < -0.4 is 18.9 Å². The number of aromatic nitrogens is 2. The second kappa shape index (κ2) is 8.92. The molecule has 3 aromatic carbocycles. The number of benzene rings is 3. The van der Waals surface area contributed by atoms with Crippen LogP contribution >= 0.6 is 0 Å². The van der Waals surface area contributed by atoms with Crippen molar-refractivity contribution in [3.63, 3.8) is 0 Å². The Labute approximate surface area is 181 Å². The molecule has 6 nitrogen and oxygen atoms in total. The largest absolute Gasteiger partial charge is 0.493 e. The van der Waals surface area contributed by atoms with Crippen LogP contribution in [0, 0.1) is 0 Å². The molecule has 0 N–H and O–H groups in total. The first-order valence-corrected chi connectivity index (χ1v) is 9.96. The molecule has 31 heavy (non-hydrogen) atoms. The average Bonchev–Trinajstić information content (AvgIpc) is 2.83. The monoisotopic (exact) mass is 416 g/mol. The molecule has 0 radical (unpaired) electrons. The lowest BCUT2D eigenvalue weighted by atomic mass is 10.00. The van der Waals surface area contributed by atoms with E-state index in [1.165, 1.54) is 0 Å². The molecule has 1 aromatic heterocycles. The summed E-state index contributed by atoms with van der Waals surface area (Å²) in [5, 5.41) is 0.945. The zero-order valence-corrected chi connectivity index (χ0v) is 18.0. The van der Waals surface area contributed by atoms with Crippen LogP contribution in [-0.2, 0) is 0 Å². The fraction of sp³-hybridized carbons (Fsp3) is 0.200. The highest BCUT2D eigenvalue weighted by atomic mass is 16.5. The third-order valence-electron chi connectivity index (χ3n) is 5.09. The predicted octanol–water partition coefficient (Wildman–Crippen LogP) is 5.39. The van der Waals surface area contributed by atoms with Gasteiger partial charge in [0.05, 0.1) is 39.1 Å². The van der Waals surface area contributed by atoms with Gasteiger partial charge in [-0.15, -0.1) is 0 Å². The highest BCUT2D eigenvalue weighted by Gasteiger charge is 2.13. The van der Waals surface area contributed by atoms with Gasteiger partial charge >= 0.3 is 0 Å². The van der Waals surface area contributed by atoms with Crippen LogP contribution in [0.15, 0.2) is 60.9 Å². The molecule has 0 aliphatic carbocycles. The summed E-state index contributed by atoms with van der Waals surface area (Å²) in [5.74, 6) is 2.75. The number of nitrogens with zero attached hydrogens (tertiary/aromatic N) is 2. The van der Waals surface area contributed by atoms with Gasteiger partial charge in [-0.1, -0.05) is 12.1 Å². The number of rotatable bonds is 7. The summed E-state index contributed by atoms with van der Waals surface area (Å²) in [7, 11) is 4.89. The zero-order chi connectivity index (χ0) is 21.8. The van der Waals surface area contributed by atoms with Gasteiger partial charge in [-0.2, -0.15) is 0 Å². The van der Waals surface area contributed by atoms with E-state index in [0.717, 1.165) is 39.0 Å². The van der Waals surface area contributed by atoms with Crippen LogP contribution in [0.5, 0.6) is 23.0 Å². The molecular weight excluding hydrogens is 392 g/mol. The topological polar surface area (TPSA) is 62.7 Å². The van der Waals surface area contributed by atoms with Gasteiger partial charge in [-0.3, -0.25) is 0 Å². The minimum Gasteiger partial charge on any atom is -0.493 e. The Bertz CT molecular complexity index is 1220. The first kappa shape index (κ1) is 20.5. The molecule has 0 amide bonds. The molecular formula is C25H24N2O4. The van der Waals surface area contributed by atoms with Crippen molar-refractivity contribution in [2.24, 2.45) is 0 Å². The van der Waals surface area contributed by atoms with Gasteiger partial charge in [0.1, 0.15) is 6.33 Å². The van der Waals surface area contributed by atoms with Crippen LogP contribution in [0.25, 0.3) is 33.3 Å². The minimum absolute atomic E-state index is 0.581. The van der Waals surface area contributed by atoms with Crippen molar-refractivity contribution >= 4 is 10.9 Å². The Morgan fingerprint density at radius 3 is 2.00 bits per heavy atom. The Morgan fingerprint density at radius 2 is 1.26 bits per heavy atom. The Morgan fingerprint density at radius 1 is 0.645 bits per heavy atom. The molecule has 0 aliphatic heterocycles. The van der Waals surface area contributed by atoms with E-state index >= 15 is 0 Å². The van der Waals surface area contributed by atoms with Crippen LogP contribution in [0.3, 0.4) is 0 Å². The molecule has 4 rings (SSSR count). The Hall–Kier alpha value is -3.80. The molecule has 6 heteroatoms. The first-order valence-electron chi connectivity index (χ1n) is 9.96. The summed E-state index contributed by atoms with van der Waals surface area (Å²) in [5.41, 5.74) is 4.66. The number of hydrogen-bond donors (Lipinski definition) is 0. The van der Waals surface area contributed by atoms with Crippen molar-refractivity contribution < 1.29 is 18.9 Å². The molecule has 0 spiro atoms. The summed E-state index contributed by atoms with van der Waals surface area (Å²) >= 11 is 0. The molecule has 0 saturated heterocycles. The number of methoxy groups -OCH3 is 3. The second-order valence-electron chi connectivity index (χ2n) is 6.82. The maximum absolute atomic E-state index is 5.64. The van der Waals surface area contributed by atoms with Gasteiger partial charge in [-0.25, -0.2) is 9.97 Å². The highest BCUT2D eigenvalue weighted by molar-refractivity contribution is 5.95. The van der Waals surface area contributed by atoms with Crippen molar-refractivity contribution in [1.29, 1.82) is 0 Å². The van der Waals surface area contributed by atoms with E-state index in [1.807, 2.05) is 55.5 Å². The molecule has 1 heterocycles. The van der Waals surface area contributed by atoms with Crippen molar-refractivity contribution in [3.05, 3.63) is 60.9 Å². The van der Waals surface area contributed by atoms with Gasteiger partial charge in [0, 0.05) is 10.9 Å². The van der Waals surface area contributed by atoms with Gasteiger partial charge < -0.3 is 18.9 Å². The van der Waals surface area contributed by atoms with Crippen LogP contribution in [0.4, 0.5) is 0 Å². The fourth-order valence-corrected chi connectivity index (χ4v) is 3.57. The minimum atomic E-state index is 0.581. The van der Waals surface area contributed by atoms with E-state index in [0.29, 0.717) is 23.9 Å². The van der Waals surface area contributed by atoms with Gasteiger partial charge in [0.25, 0.3) is 0 Å². The second-order valence-corrected chi connectivity index (χ2v) is 6.82. The molecule has 0 saturated carbocycles. The Balaban J connectivity index is 1.83. The predicted molar refractivity (Wildman–Crippen MR) is 121 cm³/mol. The lowest BCUT2D eigenvalue weighted by Gasteiger charge is -2.13. The SMILES string of the molecule is CCOc1ccc(-c2ccc3ncnc(-c4ccc(OC)c(OC)c4)c3c2)cc1OC. The van der Waals surface area contributed by atoms with Gasteiger partial charge in [0.2, 0.25) is 0 Å². The molecule has 4 aromatic rings. The maximum atomic E-state index is 5.64. The molecule has 158 valence electrons. The lowest BCUT2D eigenvalue weighted by Crippen LogP contribution is -1.96. The standard InChI is InChI=1S/C25H24N2O4/c1-5-31-22-11-7-17(13-24(22)30-4)16-6-9-20-19(12-16)25(27-15-26-20)18-8-10-21(28-2)23(14-18)29-3/h6-15H,5H2,1-4H3. The van der Waals surface area contributed by atoms with Crippen molar-refractivity contribution in [3.8, 4) is 45.4 Å². The summed E-state index contributed by atoms with van der Waals surface area (Å²) in [4.78, 5) is 9.00.